The van der Waals surface area contributed by atoms with Gasteiger partial charge < -0.3 is 10.6 Å². The number of amides is 2. The first-order chi connectivity index (χ1) is 4.33. The Morgan fingerprint density at radius 1 is 1.67 bits per heavy atom. The van der Waals surface area contributed by atoms with Crippen LogP contribution in [0.5, 0.6) is 0 Å². The van der Waals surface area contributed by atoms with Gasteiger partial charge in [-0.1, -0.05) is 0 Å². The predicted octanol–water partition coefficient (Wildman–Crippen LogP) is 0.468. The fraction of sp³-hybridized carbons (Fsp3) is 0.833. The molecule has 0 aromatic rings. The van der Waals surface area contributed by atoms with E-state index in [9.17, 15) is 4.79 Å². The van der Waals surface area contributed by atoms with E-state index in [0.29, 0.717) is 12.6 Å². The molecule has 0 aromatic carbocycles. The first-order valence-electron chi connectivity index (χ1n) is 3.37. The van der Waals surface area contributed by atoms with Gasteiger partial charge in [0.2, 0.25) is 0 Å². The molecular weight excluding hydrogens is 116 g/mol. The minimum absolute atomic E-state index is 0.0278. The van der Waals surface area contributed by atoms with Crippen molar-refractivity contribution in [3.05, 3.63) is 0 Å². The molecule has 0 saturated heterocycles. The summed E-state index contributed by atoms with van der Waals surface area (Å²) >= 11 is 0. The monoisotopic (exact) mass is 128 g/mol. The lowest BCUT2D eigenvalue weighted by Crippen LogP contribution is -2.36. The Balaban J connectivity index is 2.02. The van der Waals surface area contributed by atoms with Crippen molar-refractivity contribution < 1.29 is 4.79 Å². The highest BCUT2D eigenvalue weighted by Gasteiger charge is 2.22. The molecule has 2 N–H and O–H groups in total. The van der Waals surface area contributed by atoms with E-state index < -0.39 is 0 Å². The Morgan fingerprint density at radius 2 is 2.33 bits per heavy atom. The third-order valence-electron chi connectivity index (χ3n) is 1.25. The van der Waals surface area contributed by atoms with Crippen molar-refractivity contribution in [1.82, 2.24) is 10.6 Å². The Hall–Kier alpha value is -0.730. The summed E-state index contributed by atoms with van der Waals surface area (Å²) in [6.45, 7) is 2.62. The van der Waals surface area contributed by atoms with E-state index in [-0.39, 0.29) is 6.03 Å². The maximum Gasteiger partial charge on any atom is 0.314 e. The number of carbonyl (C=O) groups is 1. The third-order valence-corrected chi connectivity index (χ3v) is 1.25. The Kier molecular flexibility index (Phi) is 1.92. The van der Waals surface area contributed by atoms with Crippen LogP contribution in [0.2, 0.25) is 0 Å². The molecule has 0 spiro atoms. The molecule has 3 heteroatoms. The zero-order valence-corrected chi connectivity index (χ0v) is 5.61. The average molecular weight is 128 g/mol. The summed E-state index contributed by atoms with van der Waals surface area (Å²) in [5, 5.41) is 5.47. The van der Waals surface area contributed by atoms with Gasteiger partial charge in [-0.15, -0.1) is 0 Å². The molecule has 1 aliphatic rings. The molecule has 3 nitrogen and oxygen atoms in total. The number of urea groups is 1. The van der Waals surface area contributed by atoms with Crippen molar-refractivity contribution in [2.75, 3.05) is 6.54 Å². The van der Waals surface area contributed by atoms with E-state index in [4.69, 9.17) is 0 Å². The second-order valence-corrected chi connectivity index (χ2v) is 2.28. The average Bonchev–Trinajstić information content (AvgIpc) is 2.50. The molecule has 0 atom stereocenters. The predicted molar refractivity (Wildman–Crippen MR) is 35.2 cm³/mol. The first-order valence-corrected chi connectivity index (χ1v) is 3.37. The molecule has 52 valence electrons. The molecule has 1 saturated carbocycles. The van der Waals surface area contributed by atoms with Crippen molar-refractivity contribution in [3.63, 3.8) is 0 Å². The van der Waals surface area contributed by atoms with Crippen LogP contribution in [0.25, 0.3) is 0 Å². The molecule has 0 unspecified atom stereocenters. The number of hydrogen-bond acceptors (Lipinski definition) is 1. The molecule has 1 fully saturated rings. The maximum absolute atomic E-state index is 10.7. The van der Waals surface area contributed by atoms with Crippen molar-refractivity contribution in [2.24, 2.45) is 0 Å². The highest BCUT2D eigenvalue weighted by atomic mass is 16.2. The minimum Gasteiger partial charge on any atom is -0.338 e. The molecule has 0 radical (unpaired) electrons. The Morgan fingerprint density at radius 3 is 2.78 bits per heavy atom. The summed E-state index contributed by atoms with van der Waals surface area (Å²) < 4.78 is 0. The van der Waals surface area contributed by atoms with E-state index in [1.165, 1.54) is 0 Å². The second kappa shape index (κ2) is 2.71. The summed E-state index contributed by atoms with van der Waals surface area (Å²) in [4.78, 5) is 10.7. The van der Waals surface area contributed by atoms with Crippen LogP contribution in [0.1, 0.15) is 19.8 Å². The van der Waals surface area contributed by atoms with Gasteiger partial charge in [0.1, 0.15) is 0 Å². The SMILES string of the molecule is CCNC(=O)NC1CC1. The van der Waals surface area contributed by atoms with E-state index in [2.05, 4.69) is 10.6 Å². The zero-order valence-electron chi connectivity index (χ0n) is 5.61. The lowest BCUT2D eigenvalue weighted by atomic mass is 10.6. The smallest absolute Gasteiger partial charge is 0.314 e. The third kappa shape index (κ3) is 2.35. The Bertz CT molecular complexity index is 110. The van der Waals surface area contributed by atoms with Crippen molar-refractivity contribution in [2.45, 2.75) is 25.8 Å². The molecule has 0 aromatic heterocycles. The van der Waals surface area contributed by atoms with Gasteiger partial charge in [-0.25, -0.2) is 4.79 Å². The van der Waals surface area contributed by atoms with Gasteiger partial charge in [0.05, 0.1) is 0 Å². The maximum atomic E-state index is 10.7. The van der Waals surface area contributed by atoms with Gasteiger partial charge in [0.25, 0.3) is 0 Å². The van der Waals surface area contributed by atoms with Crippen molar-refractivity contribution >= 4 is 6.03 Å². The van der Waals surface area contributed by atoms with Gasteiger partial charge in [-0.05, 0) is 19.8 Å². The summed E-state index contributed by atoms with van der Waals surface area (Å²) in [5.41, 5.74) is 0. The standard InChI is InChI=1S/C6H12N2O/c1-2-7-6(9)8-5-3-4-5/h5H,2-4H2,1H3,(H2,7,8,9). The topological polar surface area (TPSA) is 41.1 Å². The molecule has 2 amide bonds. The number of hydrogen-bond donors (Lipinski definition) is 2. The van der Waals surface area contributed by atoms with Crippen LogP contribution in [0.3, 0.4) is 0 Å². The van der Waals surface area contributed by atoms with Crippen LogP contribution < -0.4 is 10.6 Å². The second-order valence-electron chi connectivity index (χ2n) is 2.28. The van der Waals surface area contributed by atoms with E-state index in [1.807, 2.05) is 6.92 Å². The van der Waals surface area contributed by atoms with Crippen LogP contribution in [0.4, 0.5) is 4.79 Å². The van der Waals surface area contributed by atoms with Crippen LogP contribution >= 0.6 is 0 Å². The van der Waals surface area contributed by atoms with Crippen LogP contribution in [-0.2, 0) is 0 Å². The minimum atomic E-state index is -0.0278. The zero-order chi connectivity index (χ0) is 6.69. The number of nitrogens with one attached hydrogen (secondary N) is 2. The van der Waals surface area contributed by atoms with Gasteiger partial charge in [-0.3, -0.25) is 0 Å². The van der Waals surface area contributed by atoms with Crippen LogP contribution in [0.15, 0.2) is 0 Å². The van der Waals surface area contributed by atoms with Crippen molar-refractivity contribution in [3.8, 4) is 0 Å². The fourth-order valence-corrected chi connectivity index (χ4v) is 0.625. The van der Waals surface area contributed by atoms with Gasteiger partial charge in [-0.2, -0.15) is 0 Å². The lowest BCUT2D eigenvalue weighted by Gasteiger charge is -2.01. The Labute approximate surface area is 54.8 Å². The molecule has 0 aliphatic heterocycles. The largest absolute Gasteiger partial charge is 0.338 e. The number of carbonyl (C=O) groups excluding carboxylic acids is 1. The van der Waals surface area contributed by atoms with E-state index >= 15 is 0 Å². The highest BCUT2D eigenvalue weighted by molar-refractivity contribution is 5.74. The molecule has 1 aliphatic carbocycles. The normalized spacial score (nSPS) is 17.0. The molecule has 0 heterocycles. The van der Waals surface area contributed by atoms with Crippen LogP contribution in [-0.4, -0.2) is 18.6 Å². The summed E-state index contributed by atoms with van der Waals surface area (Å²) in [6, 6.07) is 0.441. The molecular formula is C6H12N2O. The van der Waals surface area contributed by atoms with Crippen molar-refractivity contribution in [1.29, 1.82) is 0 Å². The quantitative estimate of drug-likeness (QED) is 0.557. The first kappa shape index (κ1) is 6.39. The molecule has 0 bridgehead atoms. The summed E-state index contributed by atoms with van der Waals surface area (Å²) in [6.07, 6.45) is 2.30. The summed E-state index contributed by atoms with van der Waals surface area (Å²) in [5.74, 6) is 0. The fourth-order valence-electron chi connectivity index (χ4n) is 0.625. The summed E-state index contributed by atoms with van der Waals surface area (Å²) in [7, 11) is 0. The van der Waals surface area contributed by atoms with E-state index in [0.717, 1.165) is 12.8 Å². The lowest BCUT2D eigenvalue weighted by molar-refractivity contribution is 0.241. The van der Waals surface area contributed by atoms with Gasteiger partial charge in [0.15, 0.2) is 0 Å². The van der Waals surface area contributed by atoms with Crippen LogP contribution in [0, 0.1) is 0 Å². The van der Waals surface area contributed by atoms with Gasteiger partial charge in [0, 0.05) is 12.6 Å². The molecule has 9 heavy (non-hydrogen) atoms. The van der Waals surface area contributed by atoms with Gasteiger partial charge >= 0.3 is 6.03 Å². The number of rotatable bonds is 2. The molecule has 1 rings (SSSR count). The highest BCUT2D eigenvalue weighted by Crippen LogP contribution is 2.17. The van der Waals surface area contributed by atoms with E-state index in [1.54, 1.807) is 0 Å².